The van der Waals surface area contributed by atoms with Crippen LogP contribution in [-0.4, -0.2) is 15.9 Å². The number of hydrogen-bond acceptors (Lipinski definition) is 2. The Hall–Kier alpha value is -1.35. The maximum absolute atomic E-state index is 4.56. The van der Waals surface area contributed by atoms with Crippen LogP contribution in [0.15, 0.2) is 30.6 Å². The fourth-order valence-electron chi connectivity index (χ4n) is 1.73. The average Bonchev–Trinajstić information content (AvgIpc) is 2.71. The molecule has 0 aromatic carbocycles. The molecule has 0 saturated carbocycles. The summed E-state index contributed by atoms with van der Waals surface area (Å²) in [4.78, 5) is 4.56. The highest BCUT2D eigenvalue weighted by molar-refractivity contribution is 5.39. The first-order valence-electron chi connectivity index (χ1n) is 6.24. The third-order valence-electron chi connectivity index (χ3n) is 3.28. The smallest absolute Gasteiger partial charge is 0.137 e. The van der Waals surface area contributed by atoms with Gasteiger partial charge in [0.25, 0.3) is 0 Å². The Kier molecular flexibility index (Phi) is 3.48. The van der Waals surface area contributed by atoms with Crippen LogP contribution in [0.2, 0.25) is 0 Å². The molecule has 92 valence electrons. The van der Waals surface area contributed by atoms with Crippen molar-refractivity contribution in [2.75, 3.05) is 6.54 Å². The third-order valence-corrected chi connectivity index (χ3v) is 3.28. The molecule has 17 heavy (non-hydrogen) atoms. The molecule has 2 aromatic heterocycles. The second kappa shape index (κ2) is 4.88. The molecule has 0 amide bonds. The minimum Gasteiger partial charge on any atom is -0.311 e. The molecular weight excluding hydrogens is 210 g/mol. The second-order valence-electron chi connectivity index (χ2n) is 5.32. The van der Waals surface area contributed by atoms with E-state index >= 15 is 0 Å². The van der Waals surface area contributed by atoms with Crippen molar-refractivity contribution in [3.8, 4) is 0 Å². The van der Waals surface area contributed by atoms with Gasteiger partial charge in [-0.15, -0.1) is 0 Å². The van der Waals surface area contributed by atoms with Crippen LogP contribution in [0.4, 0.5) is 0 Å². The fraction of sp³-hybridized carbons (Fsp3) is 0.500. The van der Waals surface area contributed by atoms with Crippen LogP contribution in [0.25, 0.3) is 5.65 Å². The summed E-state index contributed by atoms with van der Waals surface area (Å²) >= 11 is 0. The van der Waals surface area contributed by atoms with Gasteiger partial charge in [-0.2, -0.15) is 0 Å². The Morgan fingerprint density at radius 2 is 2.18 bits per heavy atom. The highest BCUT2D eigenvalue weighted by Gasteiger charge is 2.14. The van der Waals surface area contributed by atoms with Crippen LogP contribution in [0.3, 0.4) is 0 Å². The van der Waals surface area contributed by atoms with E-state index in [0.717, 1.165) is 24.4 Å². The zero-order valence-corrected chi connectivity index (χ0v) is 10.9. The van der Waals surface area contributed by atoms with E-state index in [0.29, 0.717) is 5.41 Å². The van der Waals surface area contributed by atoms with Gasteiger partial charge in [-0.1, -0.05) is 26.8 Å². The van der Waals surface area contributed by atoms with Crippen molar-refractivity contribution in [1.29, 1.82) is 0 Å². The summed E-state index contributed by atoms with van der Waals surface area (Å²) in [6.45, 7) is 8.66. The van der Waals surface area contributed by atoms with Crippen LogP contribution in [0.5, 0.6) is 0 Å². The molecule has 0 saturated heterocycles. The van der Waals surface area contributed by atoms with Crippen molar-refractivity contribution in [3.05, 3.63) is 36.3 Å². The van der Waals surface area contributed by atoms with Crippen LogP contribution in [0.1, 0.15) is 32.9 Å². The number of pyridine rings is 1. The van der Waals surface area contributed by atoms with Crippen LogP contribution in [0, 0.1) is 5.41 Å². The molecule has 0 radical (unpaired) electrons. The van der Waals surface area contributed by atoms with E-state index in [1.807, 2.05) is 24.4 Å². The Balaban J connectivity index is 1.95. The molecule has 3 nitrogen and oxygen atoms in total. The lowest BCUT2D eigenvalue weighted by molar-refractivity contribution is 0.327. The van der Waals surface area contributed by atoms with Gasteiger partial charge < -0.3 is 9.72 Å². The molecule has 0 bridgehead atoms. The Morgan fingerprint density at radius 3 is 2.88 bits per heavy atom. The van der Waals surface area contributed by atoms with Gasteiger partial charge in [0, 0.05) is 25.5 Å². The molecule has 1 N–H and O–H groups in total. The fourth-order valence-corrected chi connectivity index (χ4v) is 1.73. The van der Waals surface area contributed by atoms with Crippen molar-refractivity contribution in [1.82, 2.24) is 14.7 Å². The van der Waals surface area contributed by atoms with E-state index in [1.54, 1.807) is 0 Å². The minimum absolute atomic E-state index is 0.360. The molecule has 2 rings (SSSR count). The first kappa shape index (κ1) is 12.1. The molecule has 3 heteroatoms. The van der Waals surface area contributed by atoms with Gasteiger partial charge >= 0.3 is 0 Å². The normalized spacial score (nSPS) is 12.2. The predicted octanol–water partition coefficient (Wildman–Crippen LogP) is 2.86. The largest absolute Gasteiger partial charge is 0.311 e. The van der Waals surface area contributed by atoms with Crippen molar-refractivity contribution in [3.63, 3.8) is 0 Å². The van der Waals surface area contributed by atoms with E-state index < -0.39 is 0 Å². The number of fused-ring (bicyclic) bond motifs is 1. The van der Waals surface area contributed by atoms with Gasteiger partial charge in [-0.05, 0) is 24.0 Å². The Bertz CT molecular complexity index is 452. The van der Waals surface area contributed by atoms with Gasteiger partial charge in [-0.25, -0.2) is 4.98 Å². The van der Waals surface area contributed by atoms with E-state index in [2.05, 4.69) is 41.7 Å². The molecule has 2 aromatic rings. The Morgan fingerprint density at radius 1 is 1.35 bits per heavy atom. The number of hydrogen-bond donors (Lipinski definition) is 1. The van der Waals surface area contributed by atoms with E-state index in [-0.39, 0.29) is 0 Å². The first-order chi connectivity index (χ1) is 8.11. The zero-order valence-electron chi connectivity index (χ0n) is 10.9. The molecule has 0 aliphatic carbocycles. The topological polar surface area (TPSA) is 29.3 Å². The van der Waals surface area contributed by atoms with Crippen LogP contribution in [-0.2, 0) is 6.54 Å². The monoisotopic (exact) mass is 231 g/mol. The number of rotatable bonds is 5. The Labute approximate surface area is 103 Å². The van der Waals surface area contributed by atoms with Gasteiger partial charge in [-0.3, -0.25) is 0 Å². The maximum Gasteiger partial charge on any atom is 0.137 e. The summed E-state index contributed by atoms with van der Waals surface area (Å²) in [6, 6.07) is 6.06. The van der Waals surface area contributed by atoms with Crippen molar-refractivity contribution < 1.29 is 0 Å². The summed E-state index contributed by atoms with van der Waals surface area (Å²) in [6.07, 6.45) is 5.30. The van der Waals surface area contributed by atoms with Crippen molar-refractivity contribution in [2.45, 2.75) is 33.7 Å². The standard InChI is InChI=1S/C14H21N3/c1-4-14(2,3)11-15-9-12-10-17-8-6-5-7-13(17)16-12/h5-8,10,15H,4,9,11H2,1-3H3. The minimum atomic E-state index is 0.360. The highest BCUT2D eigenvalue weighted by atomic mass is 15.0. The van der Waals surface area contributed by atoms with E-state index in [4.69, 9.17) is 0 Å². The number of nitrogens with zero attached hydrogens (tertiary/aromatic N) is 2. The van der Waals surface area contributed by atoms with Crippen LogP contribution < -0.4 is 5.32 Å². The molecule has 0 spiro atoms. The van der Waals surface area contributed by atoms with Crippen LogP contribution >= 0.6 is 0 Å². The van der Waals surface area contributed by atoms with Gasteiger partial charge in [0.15, 0.2) is 0 Å². The summed E-state index contributed by atoms with van der Waals surface area (Å²) in [5.41, 5.74) is 2.47. The lowest BCUT2D eigenvalue weighted by atomic mass is 9.90. The van der Waals surface area contributed by atoms with E-state index in [9.17, 15) is 0 Å². The number of aromatic nitrogens is 2. The summed E-state index contributed by atoms with van der Waals surface area (Å²) in [7, 11) is 0. The van der Waals surface area contributed by atoms with Gasteiger partial charge in [0.1, 0.15) is 5.65 Å². The molecule has 0 atom stereocenters. The van der Waals surface area contributed by atoms with Gasteiger partial charge in [0.05, 0.1) is 5.69 Å². The maximum atomic E-state index is 4.56. The summed E-state index contributed by atoms with van der Waals surface area (Å²) in [5.74, 6) is 0. The lowest BCUT2D eigenvalue weighted by Crippen LogP contribution is -2.28. The first-order valence-corrected chi connectivity index (χ1v) is 6.24. The molecule has 0 fully saturated rings. The SMILES string of the molecule is CCC(C)(C)CNCc1cn2ccccc2n1. The quantitative estimate of drug-likeness (QED) is 0.857. The zero-order chi connectivity index (χ0) is 12.3. The molecule has 0 aliphatic rings. The second-order valence-corrected chi connectivity index (χ2v) is 5.32. The molecular formula is C14H21N3. The van der Waals surface area contributed by atoms with E-state index in [1.165, 1.54) is 6.42 Å². The van der Waals surface area contributed by atoms with Gasteiger partial charge in [0.2, 0.25) is 0 Å². The summed E-state index contributed by atoms with van der Waals surface area (Å²) in [5, 5.41) is 3.48. The number of nitrogens with one attached hydrogen (secondary N) is 1. The summed E-state index contributed by atoms with van der Waals surface area (Å²) < 4.78 is 2.06. The predicted molar refractivity (Wildman–Crippen MR) is 71.0 cm³/mol. The molecule has 2 heterocycles. The lowest BCUT2D eigenvalue weighted by Gasteiger charge is -2.22. The van der Waals surface area contributed by atoms with Crippen molar-refractivity contribution >= 4 is 5.65 Å². The van der Waals surface area contributed by atoms with Crippen molar-refractivity contribution in [2.24, 2.45) is 5.41 Å². The molecule has 0 aliphatic heterocycles. The molecule has 0 unspecified atom stereocenters. The highest BCUT2D eigenvalue weighted by Crippen LogP contribution is 2.17. The third kappa shape index (κ3) is 3.07. The average molecular weight is 231 g/mol. The number of imidazole rings is 1.